The summed E-state index contributed by atoms with van der Waals surface area (Å²) in [6, 6.07) is 4.29. The highest BCUT2D eigenvalue weighted by molar-refractivity contribution is 7.89. The van der Waals surface area contributed by atoms with Gasteiger partial charge in [0.15, 0.2) is 0 Å². The second kappa shape index (κ2) is 6.98. The van der Waals surface area contributed by atoms with Crippen LogP contribution in [0.25, 0.3) is 0 Å². The van der Waals surface area contributed by atoms with Crippen LogP contribution < -0.4 is 5.32 Å². The minimum absolute atomic E-state index is 0.00223. The molecular weight excluding hydrogens is 324 g/mol. The summed E-state index contributed by atoms with van der Waals surface area (Å²) in [6.45, 7) is 4.90. The molecule has 1 fully saturated rings. The first-order valence-electron chi connectivity index (χ1n) is 7.47. The minimum atomic E-state index is -3.55. The Labute approximate surface area is 136 Å². The zero-order valence-corrected chi connectivity index (χ0v) is 14.4. The molecule has 0 spiro atoms. The van der Waals surface area contributed by atoms with E-state index in [1.807, 2.05) is 13.8 Å². The van der Waals surface area contributed by atoms with Crippen molar-refractivity contribution in [2.45, 2.75) is 44.0 Å². The van der Waals surface area contributed by atoms with E-state index in [0.717, 1.165) is 19.3 Å². The molecule has 0 aliphatic carbocycles. The third kappa shape index (κ3) is 3.62. The summed E-state index contributed by atoms with van der Waals surface area (Å²) in [5.41, 5.74) is 0.197. The Kier molecular flexibility index (Phi) is 5.47. The zero-order chi connectivity index (χ0) is 16.3. The summed E-state index contributed by atoms with van der Waals surface area (Å²) in [5, 5.41) is 3.05. The van der Waals surface area contributed by atoms with E-state index in [0.29, 0.717) is 13.1 Å². The van der Waals surface area contributed by atoms with Crippen molar-refractivity contribution in [3.05, 3.63) is 28.8 Å². The van der Waals surface area contributed by atoms with Gasteiger partial charge in [-0.25, -0.2) is 8.42 Å². The van der Waals surface area contributed by atoms with Gasteiger partial charge in [0, 0.05) is 19.1 Å². The molecule has 1 heterocycles. The number of sulfonamides is 1. The Morgan fingerprint density at radius 1 is 1.36 bits per heavy atom. The van der Waals surface area contributed by atoms with E-state index in [1.54, 1.807) is 0 Å². The maximum Gasteiger partial charge on any atom is 0.253 e. The van der Waals surface area contributed by atoms with Crippen LogP contribution in [0.2, 0.25) is 5.02 Å². The molecule has 7 heteroatoms. The molecule has 0 radical (unpaired) electrons. The lowest BCUT2D eigenvalue weighted by atomic mass is 10.2. The number of amides is 1. The number of halogens is 1. The molecule has 0 unspecified atom stereocenters. The summed E-state index contributed by atoms with van der Waals surface area (Å²) in [7, 11) is -3.55. The molecule has 1 aromatic carbocycles. The predicted octanol–water partition coefficient (Wildman–Crippen LogP) is 2.65. The van der Waals surface area contributed by atoms with E-state index < -0.39 is 10.0 Å². The fraction of sp³-hybridized carbons (Fsp3) is 0.533. The molecule has 1 amide bonds. The molecule has 1 aliphatic heterocycles. The Morgan fingerprint density at radius 3 is 2.59 bits per heavy atom. The second-order valence-electron chi connectivity index (χ2n) is 5.54. The van der Waals surface area contributed by atoms with Crippen molar-refractivity contribution in [3.63, 3.8) is 0 Å². The van der Waals surface area contributed by atoms with Crippen LogP contribution in [0.1, 0.15) is 43.5 Å². The van der Waals surface area contributed by atoms with E-state index in [4.69, 9.17) is 11.6 Å². The van der Waals surface area contributed by atoms with Gasteiger partial charge in [-0.05, 0) is 44.4 Å². The van der Waals surface area contributed by atoms with E-state index in [9.17, 15) is 13.2 Å². The topological polar surface area (TPSA) is 66.5 Å². The first-order valence-corrected chi connectivity index (χ1v) is 9.28. The van der Waals surface area contributed by atoms with Crippen LogP contribution in [-0.2, 0) is 10.0 Å². The average Bonchev–Trinajstić information content (AvgIpc) is 3.02. The van der Waals surface area contributed by atoms with Gasteiger partial charge in [0.1, 0.15) is 0 Å². The number of carbonyl (C=O) groups excluding carboxylic acids is 1. The molecule has 1 saturated heterocycles. The maximum atomic E-state index is 12.6. The number of nitrogens with one attached hydrogen (secondary N) is 1. The lowest BCUT2D eigenvalue weighted by molar-refractivity contribution is 0.0939. The molecule has 0 aromatic heterocycles. The molecule has 122 valence electrons. The van der Waals surface area contributed by atoms with Crippen molar-refractivity contribution in [1.29, 1.82) is 0 Å². The van der Waals surface area contributed by atoms with Crippen molar-refractivity contribution in [1.82, 2.24) is 9.62 Å². The number of carbonyl (C=O) groups is 1. The Bertz CT molecular complexity index is 655. The number of hydrogen-bond acceptors (Lipinski definition) is 3. The van der Waals surface area contributed by atoms with E-state index in [-0.39, 0.29) is 27.4 Å². The van der Waals surface area contributed by atoms with Crippen molar-refractivity contribution in [2.24, 2.45) is 0 Å². The summed E-state index contributed by atoms with van der Waals surface area (Å²) < 4.78 is 26.6. The molecule has 1 atom stereocenters. The van der Waals surface area contributed by atoms with Crippen LogP contribution in [0.5, 0.6) is 0 Å². The van der Waals surface area contributed by atoms with Crippen LogP contribution in [0.3, 0.4) is 0 Å². The lowest BCUT2D eigenvalue weighted by Gasteiger charge is -2.17. The molecule has 22 heavy (non-hydrogen) atoms. The highest BCUT2D eigenvalue weighted by atomic mass is 35.5. The highest BCUT2D eigenvalue weighted by Gasteiger charge is 2.28. The normalized spacial score (nSPS) is 17.4. The van der Waals surface area contributed by atoms with E-state index in [2.05, 4.69) is 5.32 Å². The summed E-state index contributed by atoms with van der Waals surface area (Å²) in [5.74, 6) is -0.349. The van der Waals surface area contributed by atoms with Crippen LogP contribution in [0.15, 0.2) is 23.1 Å². The lowest BCUT2D eigenvalue weighted by Crippen LogP contribution is -2.32. The van der Waals surface area contributed by atoms with Gasteiger partial charge in [0.2, 0.25) is 10.0 Å². The summed E-state index contributed by atoms with van der Waals surface area (Å²) in [6.07, 6.45) is 2.53. The van der Waals surface area contributed by atoms with Crippen molar-refractivity contribution in [2.75, 3.05) is 13.1 Å². The number of hydrogen-bond donors (Lipinski definition) is 1. The van der Waals surface area contributed by atoms with E-state index in [1.165, 1.54) is 22.5 Å². The van der Waals surface area contributed by atoms with Crippen molar-refractivity contribution >= 4 is 27.5 Å². The molecule has 1 aliphatic rings. The first-order chi connectivity index (χ1) is 10.4. The largest absolute Gasteiger partial charge is 0.350 e. The van der Waals surface area contributed by atoms with Crippen LogP contribution >= 0.6 is 11.6 Å². The third-order valence-corrected chi connectivity index (χ3v) is 6.10. The molecule has 1 aromatic rings. The number of rotatable bonds is 5. The maximum absolute atomic E-state index is 12.6. The quantitative estimate of drug-likeness (QED) is 0.893. The molecule has 0 bridgehead atoms. The zero-order valence-electron chi connectivity index (χ0n) is 12.8. The Morgan fingerprint density at radius 2 is 2.00 bits per heavy atom. The van der Waals surface area contributed by atoms with Crippen LogP contribution in [0, 0.1) is 0 Å². The van der Waals surface area contributed by atoms with Crippen LogP contribution in [-0.4, -0.2) is 37.8 Å². The smallest absolute Gasteiger partial charge is 0.253 e. The molecule has 0 saturated carbocycles. The second-order valence-corrected chi connectivity index (χ2v) is 7.88. The predicted molar refractivity (Wildman–Crippen MR) is 86.7 cm³/mol. The average molecular weight is 345 g/mol. The van der Waals surface area contributed by atoms with Gasteiger partial charge in [-0.1, -0.05) is 18.5 Å². The molecule has 2 rings (SSSR count). The first kappa shape index (κ1) is 17.2. The van der Waals surface area contributed by atoms with Gasteiger partial charge in [-0.15, -0.1) is 0 Å². The van der Waals surface area contributed by atoms with Gasteiger partial charge >= 0.3 is 0 Å². The highest BCUT2D eigenvalue weighted by Crippen LogP contribution is 2.25. The number of benzene rings is 1. The number of nitrogens with zero attached hydrogens (tertiary/aromatic N) is 1. The van der Waals surface area contributed by atoms with Gasteiger partial charge < -0.3 is 5.32 Å². The SMILES string of the molecule is CC[C@@H](C)NC(=O)c1cc(S(=O)(=O)N2CCCC2)ccc1Cl. The van der Waals surface area contributed by atoms with Crippen molar-refractivity contribution in [3.8, 4) is 0 Å². The standard InChI is InChI=1S/C15H21ClN2O3S/c1-3-11(2)17-15(19)13-10-12(6-7-14(13)16)22(20,21)18-8-4-5-9-18/h6-7,10-11H,3-5,8-9H2,1-2H3,(H,17,19)/t11-/m1/s1. The van der Waals surface area contributed by atoms with E-state index >= 15 is 0 Å². The Hall–Kier alpha value is -1.11. The minimum Gasteiger partial charge on any atom is -0.350 e. The summed E-state index contributed by atoms with van der Waals surface area (Å²) in [4.78, 5) is 12.3. The third-order valence-electron chi connectivity index (χ3n) is 3.88. The van der Waals surface area contributed by atoms with Gasteiger partial charge in [-0.3, -0.25) is 4.79 Å². The van der Waals surface area contributed by atoms with Gasteiger partial charge in [0.25, 0.3) is 5.91 Å². The van der Waals surface area contributed by atoms with Gasteiger partial charge in [0.05, 0.1) is 15.5 Å². The molecule has 5 nitrogen and oxygen atoms in total. The molecule has 1 N–H and O–H groups in total. The summed E-state index contributed by atoms with van der Waals surface area (Å²) >= 11 is 6.06. The fourth-order valence-electron chi connectivity index (χ4n) is 2.32. The van der Waals surface area contributed by atoms with Crippen LogP contribution in [0.4, 0.5) is 0 Å². The Balaban J connectivity index is 2.32. The monoisotopic (exact) mass is 344 g/mol. The van der Waals surface area contributed by atoms with Gasteiger partial charge in [-0.2, -0.15) is 4.31 Å². The molecular formula is C15H21ClN2O3S. The van der Waals surface area contributed by atoms with Crippen molar-refractivity contribution < 1.29 is 13.2 Å². The fourth-order valence-corrected chi connectivity index (χ4v) is 4.07.